The second-order valence-corrected chi connectivity index (χ2v) is 6.88. The van der Waals surface area contributed by atoms with Crippen molar-refractivity contribution in [3.63, 3.8) is 0 Å². The average molecular weight is 311 g/mol. The van der Waals surface area contributed by atoms with Gasteiger partial charge in [-0.15, -0.1) is 0 Å². The number of carbonyl (C=O) groups excluding carboxylic acids is 1. The summed E-state index contributed by atoms with van der Waals surface area (Å²) in [7, 11) is 0. The van der Waals surface area contributed by atoms with Gasteiger partial charge in [-0.05, 0) is 49.9 Å². The van der Waals surface area contributed by atoms with E-state index in [1.165, 1.54) is 31.5 Å². The second kappa shape index (κ2) is 7.14. The largest absolute Gasteiger partial charge is 0.351 e. The number of benzene rings is 1. The first-order valence-electron chi connectivity index (χ1n) is 8.72. The van der Waals surface area contributed by atoms with Crippen LogP contribution in [0.5, 0.6) is 0 Å². The summed E-state index contributed by atoms with van der Waals surface area (Å²) >= 11 is 0. The quantitative estimate of drug-likeness (QED) is 0.909. The van der Waals surface area contributed by atoms with E-state index in [9.17, 15) is 10.1 Å². The number of amides is 1. The molecule has 1 aliphatic heterocycles. The highest BCUT2D eigenvalue weighted by Crippen LogP contribution is 2.37. The number of carbonyl (C=O) groups is 1. The van der Waals surface area contributed by atoms with Crippen molar-refractivity contribution in [3.8, 4) is 6.07 Å². The van der Waals surface area contributed by atoms with Crippen LogP contribution in [0, 0.1) is 16.7 Å². The van der Waals surface area contributed by atoms with Crippen LogP contribution < -0.4 is 5.32 Å². The lowest BCUT2D eigenvalue weighted by Crippen LogP contribution is -2.37. The van der Waals surface area contributed by atoms with Crippen LogP contribution in [0.1, 0.15) is 49.7 Å². The van der Waals surface area contributed by atoms with Crippen LogP contribution in [0.3, 0.4) is 0 Å². The molecule has 2 fully saturated rings. The summed E-state index contributed by atoms with van der Waals surface area (Å²) in [5, 5.41) is 12.3. The summed E-state index contributed by atoms with van der Waals surface area (Å²) in [5.41, 5.74) is 1.64. The Labute approximate surface area is 138 Å². The van der Waals surface area contributed by atoms with E-state index in [1.807, 2.05) is 0 Å². The molecule has 0 bridgehead atoms. The highest BCUT2D eigenvalue weighted by molar-refractivity contribution is 5.85. The van der Waals surface area contributed by atoms with Gasteiger partial charge in [0.15, 0.2) is 0 Å². The molecule has 1 amide bonds. The van der Waals surface area contributed by atoms with Gasteiger partial charge in [-0.1, -0.05) is 37.1 Å². The molecule has 0 aromatic heterocycles. The van der Waals surface area contributed by atoms with Crippen LogP contribution in [-0.2, 0) is 17.9 Å². The van der Waals surface area contributed by atoms with E-state index in [0.717, 1.165) is 24.9 Å². The molecule has 2 aliphatic rings. The Morgan fingerprint density at radius 3 is 2.30 bits per heavy atom. The lowest BCUT2D eigenvalue weighted by molar-refractivity contribution is -0.128. The normalized spacial score (nSPS) is 20.3. The fraction of sp³-hybridized carbons (Fsp3) is 0.579. The molecule has 122 valence electrons. The third-order valence-electron chi connectivity index (χ3n) is 5.19. The standard InChI is InChI=1S/C19H25N3O/c20-15-19(9-1-2-10-19)18(23)21-13-16-5-7-17(8-6-16)14-22-11-3-4-12-22/h5-8H,1-4,9-14H2,(H,21,23). The van der Waals surface area contributed by atoms with Gasteiger partial charge in [0.1, 0.15) is 5.41 Å². The van der Waals surface area contributed by atoms with Crippen molar-refractivity contribution in [1.82, 2.24) is 10.2 Å². The van der Waals surface area contributed by atoms with Crippen molar-refractivity contribution in [2.45, 2.75) is 51.6 Å². The van der Waals surface area contributed by atoms with Crippen molar-refractivity contribution in [2.75, 3.05) is 13.1 Å². The molecular formula is C19H25N3O. The van der Waals surface area contributed by atoms with Crippen molar-refractivity contribution in [2.24, 2.45) is 5.41 Å². The molecule has 1 aromatic rings. The zero-order valence-electron chi connectivity index (χ0n) is 13.7. The first-order valence-corrected chi connectivity index (χ1v) is 8.72. The third kappa shape index (κ3) is 3.73. The molecular weight excluding hydrogens is 286 g/mol. The summed E-state index contributed by atoms with van der Waals surface area (Å²) in [6.45, 7) is 3.93. The van der Waals surface area contributed by atoms with Gasteiger partial charge in [0.05, 0.1) is 6.07 Å². The van der Waals surface area contributed by atoms with E-state index < -0.39 is 5.41 Å². The molecule has 23 heavy (non-hydrogen) atoms. The number of nitriles is 1. The zero-order chi connectivity index (χ0) is 16.1. The number of likely N-dealkylation sites (tertiary alicyclic amines) is 1. The number of hydrogen-bond donors (Lipinski definition) is 1. The Morgan fingerprint density at radius 2 is 1.70 bits per heavy atom. The average Bonchev–Trinajstić information content (AvgIpc) is 3.26. The Bertz CT molecular complexity index is 576. The number of nitrogens with zero attached hydrogens (tertiary/aromatic N) is 2. The second-order valence-electron chi connectivity index (χ2n) is 6.88. The molecule has 4 nitrogen and oxygen atoms in total. The number of hydrogen-bond acceptors (Lipinski definition) is 3. The molecule has 1 aromatic carbocycles. The van der Waals surface area contributed by atoms with E-state index in [2.05, 4.69) is 40.6 Å². The lowest BCUT2D eigenvalue weighted by atomic mass is 9.87. The molecule has 4 heteroatoms. The predicted octanol–water partition coefficient (Wildman–Crippen LogP) is 2.98. The predicted molar refractivity (Wildman–Crippen MR) is 89.3 cm³/mol. The van der Waals surface area contributed by atoms with Crippen LogP contribution in [-0.4, -0.2) is 23.9 Å². The summed E-state index contributed by atoms with van der Waals surface area (Å²) in [6.07, 6.45) is 5.97. The van der Waals surface area contributed by atoms with E-state index in [0.29, 0.717) is 19.4 Å². The van der Waals surface area contributed by atoms with Crippen molar-refractivity contribution >= 4 is 5.91 Å². The van der Waals surface area contributed by atoms with Crippen molar-refractivity contribution < 1.29 is 4.79 Å². The molecule has 0 atom stereocenters. The van der Waals surface area contributed by atoms with E-state index in [1.54, 1.807) is 0 Å². The van der Waals surface area contributed by atoms with Gasteiger partial charge >= 0.3 is 0 Å². The van der Waals surface area contributed by atoms with Crippen LogP contribution in [0.25, 0.3) is 0 Å². The summed E-state index contributed by atoms with van der Waals surface area (Å²) in [6, 6.07) is 10.7. The highest BCUT2D eigenvalue weighted by atomic mass is 16.2. The van der Waals surface area contributed by atoms with E-state index >= 15 is 0 Å². The monoisotopic (exact) mass is 311 g/mol. The smallest absolute Gasteiger partial charge is 0.240 e. The van der Waals surface area contributed by atoms with Gasteiger partial charge in [0.2, 0.25) is 5.91 Å². The van der Waals surface area contributed by atoms with Gasteiger partial charge in [-0.2, -0.15) is 5.26 Å². The summed E-state index contributed by atoms with van der Waals surface area (Å²) < 4.78 is 0. The Balaban J connectivity index is 1.52. The van der Waals surface area contributed by atoms with Gasteiger partial charge in [0, 0.05) is 13.1 Å². The first kappa shape index (κ1) is 16.0. The maximum atomic E-state index is 12.3. The minimum absolute atomic E-state index is 0.0985. The summed E-state index contributed by atoms with van der Waals surface area (Å²) in [5.74, 6) is -0.0985. The third-order valence-corrected chi connectivity index (χ3v) is 5.19. The molecule has 1 saturated carbocycles. The van der Waals surface area contributed by atoms with Crippen LogP contribution in [0.2, 0.25) is 0 Å². The first-order chi connectivity index (χ1) is 11.2. The zero-order valence-corrected chi connectivity index (χ0v) is 13.7. The molecule has 1 heterocycles. The molecule has 0 radical (unpaired) electrons. The summed E-state index contributed by atoms with van der Waals surface area (Å²) in [4.78, 5) is 14.8. The van der Waals surface area contributed by atoms with E-state index in [-0.39, 0.29) is 5.91 Å². The molecule has 3 rings (SSSR count). The maximum Gasteiger partial charge on any atom is 0.240 e. The SMILES string of the molecule is N#CC1(C(=O)NCc2ccc(CN3CCCC3)cc2)CCCC1. The molecule has 1 aliphatic carbocycles. The van der Waals surface area contributed by atoms with Crippen molar-refractivity contribution in [1.29, 1.82) is 5.26 Å². The fourth-order valence-electron chi connectivity index (χ4n) is 3.68. The van der Waals surface area contributed by atoms with Crippen LogP contribution in [0.4, 0.5) is 0 Å². The van der Waals surface area contributed by atoms with Crippen LogP contribution in [0.15, 0.2) is 24.3 Å². The Hall–Kier alpha value is -1.86. The minimum Gasteiger partial charge on any atom is -0.351 e. The van der Waals surface area contributed by atoms with Gasteiger partial charge in [-0.3, -0.25) is 9.69 Å². The number of rotatable bonds is 5. The number of nitrogens with one attached hydrogen (secondary N) is 1. The van der Waals surface area contributed by atoms with E-state index in [4.69, 9.17) is 0 Å². The molecule has 0 spiro atoms. The Kier molecular flexibility index (Phi) is 4.97. The maximum absolute atomic E-state index is 12.3. The minimum atomic E-state index is -0.782. The van der Waals surface area contributed by atoms with Crippen LogP contribution >= 0.6 is 0 Å². The van der Waals surface area contributed by atoms with Gasteiger partial charge in [0.25, 0.3) is 0 Å². The topological polar surface area (TPSA) is 56.1 Å². The Morgan fingerprint density at radius 1 is 1.09 bits per heavy atom. The molecule has 1 N–H and O–H groups in total. The van der Waals surface area contributed by atoms with Gasteiger partial charge in [-0.25, -0.2) is 0 Å². The highest BCUT2D eigenvalue weighted by Gasteiger charge is 2.41. The van der Waals surface area contributed by atoms with Gasteiger partial charge < -0.3 is 5.32 Å². The fourth-order valence-corrected chi connectivity index (χ4v) is 3.68. The lowest BCUT2D eigenvalue weighted by Gasteiger charge is -2.19. The van der Waals surface area contributed by atoms with Crippen molar-refractivity contribution in [3.05, 3.63) is 35.4 Å². The molecule has 1 saturated heterocycles. The molecule has 0 unspecified atom stereocenters.